The smallest absolute Gasteiger partial charge is 0.309 e. The largest absolute Gasteiger partial charge is 0.378 e. The quantitative estimate of drug-likeness (QED) is 0.412. The molecule has 1 aromatic heterocycles. The van der Waals surface area contributed by atoms with Crippen molar-refractivity contribution in [2.45, 2.75) is 12.6 Å². The van der Waals surface area contributed by atoms with Gasteiger partial charge in [-0.3, -0.25) is 9.59 Å². The molecule has 0 unspecified atom stereocenters. The van der Waals surface area contributed by atoms with Gasteiger partial charge in [-0.25, -0.2) is 0 Å². The molecule has 1 aromatic carbocycles. The van der Waals surface area contributed by atoms with Gasteiger partial charge in [0.1, 0.15) is 32.2 Å². The third-order valence-electron chi connectivity index (χ3n) is 5.73. The van der Waals surface area contributed by atoms with Gasteiger partial charge in [0, 0.05) is 30.2 Å². The standard InChI is InChI=1S/C22H31N5O2S/c1-25(2)18-8-6-17(7-9-18)20(27-12-10-26(3)11-13-27)16-24-22(29)21(28)23-15-19-5-4-14-30-19/h4-9,14,20H,10-13,15-16H2,1-3H3,(H,23,28)(H,24,29)/p+2/t20-/m1/s1. The van der Waals surface area contributed by atoms with Crippen LogP contribution in [0.4, 0.5) is 5.69 Å². The van der Waals surface area contributed by atoms with E-state index in [0.717, 1.165) is 36.7 Å². The fourth-order valence-electron chi connectivity index (χ4n) is 3.78. The lowest BCUT2D eigenvalue weighted by Gasteiger charge is -2.33. The van der Waals surface area contributed by atoms with Crippen LogP contribution in [0.15, 0.2) is 41.8 Å². The Balaban J connectivity index is 1.62. The molecule has 0 radical (unpaired) electrons. The normalized spacial score (nSPS) is 19.7. The highest BCUT2D eigenvalue weighted by atomic mass is 32.1. The summed E-state index contributed by atoms with van der Waals surface area (Å²) in [6, 6.07) is 12.5. The van der Waals surface area contributed by atoms with Gasteiger partial charge in [-0.15, -0.1) is 11.3 Å². The number of amides is 2. The van der Waals surface area contributed by atoms with Gasteiger partial charge < -0.3 is 25.3 Å². The van der Waals surface area contributed by atoms with Crippen molar-refractivity contribution in [2.24, 2.45) is 0 Å². The monoisotopic (exact) mass is 431 g/mol. The van der Waals surface area contributed by atoms with E-state index in [-0.39, 0.29) is 6.04 Å². The van der Waals surface area contributed by atoms with Crippen LogP contribution in [-0.4, -0.2) is 65.7 Å². The molecule has 2 amide bonds. The van der Waals surface area contributed by atoms with Gasteiger partial charge >= 0.3 is 11.8 Å². The van der Waals surface area contributed by atoms with Gasteiger partial charge in [0.15, 0.2) is 0 Å². The van der Waals surface area contributed by atoms with Crippen LogP contribution >= 0.6 is 11.3 Å². The summed E-state index contributed by atoms with van der Waals surface area (Å²) in [5, 5.41) is 7.52. The Bertz CT molecular complexity index is 815. The molecular formula is C22H33N5O2S+2. The number of anilines is 1. The van der Waals surface area contributed by atoms with Crippen LogP contribution in [0, 0.1) is 0 Å². The first kappa shape index (κ1) is 22.3. The van der Waals surface area contributed by atoms with Crippen LogP contribution in [0.1, 0.15) is 16.5 Å². The zero-order chi connectivity index (χ0) is 21.5. The number of quaternary nitrogens is 2. The second-order valence-electron chi connectivity index (χ2n) is 8.13. The van der Waals surface area contributed by atoms with Crippen molar-refractivity contribution in [3.8, 4) is 0 Å². The highest BCUT2D eigenvalue weighted by molar-refractivity contribution is 7.09. The second-order valence-corrected chi connectivity index (χ2v) is 9.16. The molecule has 4 N–H and O–H groups in total. The number of thiophene rings is 1. The van der Waals surface area contributed by atoms with E-state index in [1.54, 1.807) is 11.3 Å². The van der Waals surface area contributed by atoms with Gasteiger partial charge in [-0.2, -0.15) is 0 Å². The SMILES string of the molecule is CN(C)c1ccc([C@@H](CNC(=O)C(=O)NCc2cccs2)[NH+]2CC[NH+](C)CC2)cc1. The first-order valence-corrected chi connectivity index (χ1v) is 11.3. The minimum atomic E-state index is -0.581. The maximum atomic E-state index is 12.4. The Morgan fingerprint density at radius 1 is 1.03 bits per heavy atom. The summed E-state index contributed by atoms with van der Waals surface area (Å²) in [4.78, 5) is 30.7. The van der Waals surface area contributed by atoms with Crippen LogP contribution in [0.25, 0.3) is 0 Å². The summed E-state index contributed by atoms with van der Waals surface area (Å²) < 4.78 is 0. The van der Waals surface area contributed by atoms with E-state index in [1.165, 1.54) is 15.4 Å². The maximum absolute atomic E-state index is 12.4. The highest BCUT2D eigenvalue weighted by Crippen LogP contribution is 2.16. The average molecular weight is 432 g/mol. The Labute approximate surface area is 182 Å². The van der Waals surface area contributed by atoms with E-state index < -0.39 is 11.8 Å². The maximum Gasteiger partial charge on any atom is 0.309 e. The number of nitrogens with zero attached hydrogens (tertiary/aromatic N) is 1. The lowest BCUT2D eigenvalue weighted by Crippen LogP contribution is -3.27. The van der Waals surface area contributed by atoms with E-state index in [1.807, 2.05) is 31.6 Å². The molecular weight excluding hydrogens is 398 g/mol. The molecule has 1 saturated heterocycles. The summed E-state index contributed by atoms with van der Waals surface area (Å²) in [6.07, 6.45) is 0. The van der Waals surface area contributed by atoms with Gasteiger partial charge in [0.2, 0.25) is 0 Å². The van der Waals surface area contributed by atoms with Crippen molar-refractivity contribution < 1.29 is 19.4 Å². The number of rotatable bonds is 7. The summed E-state index contributed by atoms with van der Waals surface area (Å²) in [5.74, 6) is -1.15. The fraction of sp³-hybridized carbons (Fsp3) is 0.455. The number of carbonyl (C=O) groups is 2. The number of hydrogen-bond donors (Lipinski definition) is 4. The van der Waals surface area contributed by atoms with Crippen LogP contribution in [0.3, 0.4) is 0 Å². The van der Waals surface area contributed by atoms with Gasteiger partial charge in [0.25, 0.3) is 0 Å². The third kappa shape index (κ3) is 6.04. The molecule has 0 aliphatic carbocycles. The molecule has 7 nitrogen and oxygen atoms in total. The van der Waals surface area contributed by atoms with Crippen molar-refractivity contribution >= 4 is 28.8 Å². The molecule has 3 rings (SSSR count). The first-order valence-electron chi connectivity index (χ1n) is 10.5. The molecule has 162 valence electrons. The number of likely N-dealkylation sites (N-methyl/N-ethyl adjacent to an activating group) is 1. The summed E-state index contributed by atoms with van der Waals surface area (Å²) >= 11 is 1.56. The number of piperazine rings is 1. The molecule has 30 heavy (non-hydrogen) atoms. The Morgan fingerprint density at radius 2 is 1.70 bits per heavy atom. The molecule has 1 atom stereocenters. The number of hydrogen-bond acceptors (Lipinski definition) is 4. The average Bonchev–Trinajstić information content (AvgIpc) is 3.27. The molecule has 2 aromatic rings. The minimum Gasteiger partial charge on any atom is -0.378 e. The van der Waals surface area contributed by atoms with E-state index in [9.17, 15) is 9.59 Å². The van der Waals surface area contributed by atoms with E-state index in [2.05, 4.69) is 46.8 Å². The van der Waals surface area contributed by atoms with Crippen LogP contribution < -0.4 is 25.3 Å². The van der Waals surface area contributed by atoms with Crippen LogP contribution in [0.2, 0.25) is 0 Å². The molecule has 2 heterocycles. The Morgan fingerprint density at radius 3 is 2.30 bits per heavy atom. The Kier molecular flexibility index (Phi) is 7.84. The fourth-order valence-corrected chi connectivity index (χ4v) is 4.43. The van der Waals surface area contributed by atoms with Gasteiger partial charge in [0.05, 0.1) is 20.1 Å². The first-order chi connectivity index (χ1) is 14.4. The predicted molar refractivity (Wildman–Crippen MR) is 120 cm³/mol. The lowest BCUT2D eigenvalue weighted by atomic mass is 10.0. The molecule has 0 spiro atoms. The summed E-state index contributed by atoms with van der Waals surface area (Å²) in [7, 11) is 6.27. The summed E-state index contributed by atoms with van der Waals surface area (Å²) in [5.41, 5.74) is 2.33. The highest BCUT2D eigenvalue weighted by Gasteiger charge is 2.30. The van der Waals surface area contributed by atoms with Crippen molar-refractivity contribution in [3.05, 3.63) is 52.2 Å². The van der Waals surface area contributed by atoms with Crippen molar-refractivity contribution in [1.82, 2.24) is 10.6 Å². The van der Waals surface area contributed by atoms with Crippen molar-refractivity contribution in [2.75, 3.05) is 58.8 Å². The number of nitrogens with one attached hydrogen (secondary N) is 4. The van der Waals surface area contributed by atoms with Crippen molar-refractivity contribution in [1.29, 1.82) is 0 Å². The van der Waals surface area contributed by atoms with E-state index in [4.69, 9.17) is 0 Å². The van der Waals surface area contributed by atoms with E-state index >= 15 is 0 Å². The molecule has 8 heteroatoms. The topological polar surface area (TPSA) is 70.3 Å². The van der Waals surface area contributed by atoms with Crippen LogP contribution in [-0.2, 0) is 16.1 Å². The molecule has 0 saturated carbocycles. The molecule has 1 fully saturated rings. The predicted octanol–water partition coefficient (Wildman–Crippen LogP) is -1.30. The molecule has 1 aliphatic heterocycles. The molecule has 0 bridgehead atoms. The number of carbonyl (C=O) groups excluding carboxylic acids is 2. The second kappa shape index (κ2) is 10.6. The lowest BCUT2D eigenvalue weighted by molar-refractivity contribution is -1.02. The van der Waals surface area contributed by atoms with Crippen LogP contribution in [0.5, 0.6) is 0 Å². The minimum absolute atomic E-state index is 0.128. The molecule has 1 aliphatic rings. The number of benzene rings is 1. The third-order valence-corrected chi connectivity index (χ3v) is 6.60. The Hall–Kier alpha value is -2.42. The zero-order valence-electron chi connectivity index (χ0n) is 18.0. The van der Waals surface area contributed by atoms with Gasteiger partial charge in [-0.05, 0) is 23.6 Å². The van der Waals surface area contributed by atoms with Crippen molar-refractivity contribution in [3.63, 3.8) is 0 Å². The van der Waals surface area contributed by atoms with Gasteiger partial charge in [-0.1, -0.05) is 18.2 Å². The zero-order valence-corrected chi connectivity index (χ0v) is 18.8. The summed E-state index contributed by atoms with van der Waals surface area (Å²) in [6.45, 7) is 5.14. The van der Waals surface area contributed by atoms with E-state index in [0.29, 0.717) is 13.1 Å².